The van der Waals surface area contributed by atoms with E-state index in [1.54, 1.807) is 0 Å². The number of hydrogen-bond donors (Lipinski definition) is 2. The highest BCUT2D eigenvalue weighted by atomic mass is 33.1. The quantitative estimate of drug-likeness (QED) is 0.191. The van der Waals surface area contributed by atoms with E-state index in [1.807, 2.05) is 26.5 Å². The molecule has 64 valence electrons. The van der Waals surface area contributed by atoms with Gasteiger partial charge in [0, 0.05) is 24.6 Å². The lowest BCUT2D eigenvalue weighted by molar-refractivity contribution is 0.302. The third-order valence-electron chi connectivity index (χ3n) is 1.40. The highest BCUT2D eigenvalue weighted by Gasteiger charge is 2.11. The third kappa shape index (κ3) is 2.70. The van der Waals surface area contributed by atoms with Crippen LogP contribution in [0.1, 0.15) is 0 Å². The van der Waals surface area contributed by atoms with Crippen molar-refractivity contribution in [1.82, 2.24) is 4.90 Å². The van der Waals surface area contributed by atoms with Crippen LogP contribution in [0.25, 0.3) is 0 Å². The van der Waals surface area contributed by atoms with E-state index in [9.17, 15) is 0 Å². The highest BCUT2D eigenvalue weighted by Crippen LogP contribution is 2.23. The lowest BCUT2D eigenvalue weighted by Gasteiger charge is -2.18. The molecule has 0 aromatic carbocycles. The normalized spacial score (nSPS) is 21.5. The molecule has 0 atom stereocenters. The van der Waals surface area contributed by atoms with Gasteiger partial charge in [0.15, 0.2) is 0 Å². The summed E-state index contributed by atoms with van der Waals surface area (Å²) in [5.41, 5.74) is 5.42. The van der Waals surface area contributed by atoms with Crippen molar-refractivity contribution in [3.8, 4) is 0 Å². The summed E-state index contributed by atoms with van der Waals surface area (Å²) in [6, 6.07) is 0. The maximum Gasteiger partial charge on any atom is 0.233 e. The second kappa shape index (κ2) is 4.61. The second-order valence-corrected chi connectivity index (χ2v) is 4.79. The molecule has 0 spiro atoms. The van der Waals surface area contributed by atoms with Gasteiger partial charge in [-0.3, -0.25) is 0 Å². The summed E-state index contributed by atoms with van der Waals surface area (Å²) in [6.45, 7) is 1.74. The van der Waals surface area contributed by atoms with E-state index in [-0.39, 0.29) is 5.96 Å². The number of hydrogen-bond acceptors (Lipinski definition) is 4. The first-order valence-corrected chi connectivity index (χ1v) is 5.80. The van der Waals surface area contributed by atoms with Crippen LogP contribution in [0.4, 0.5) is 0 Å². The molecular formula is C5H11N3OS2. The highest BCUT2D eigenvalue weighted by molar-refractivity contribution is 8.76. The summed E-state index contributed by atoms with van der Waals surface area (Å²) in [7, 11) is 3.66. The van der Waals surface area contributed by atoms with Crippen LogP contribution in [-0.4, -0.2) is 40.7 Å². The monoisotopic (exact) mass is 193 g/mol. The van der Waals surface area contributed by atoms with Gasteiger partial charge in [0.2, 0.25) is 5.96 Å². The summed E-state index contributed by atoms with van der Waals surface area (Å²) in [6.07, 6.45) is 0. The van der Waals surface area contributed by atoms with E-state index in [1.165, 1.54) is 0 Å². The Hall–Kier alpha value is -0.230. The number of guanidine groups is 1. The molecule has 1 aliphatic rings. The molecule has 0 aromatic rings. The minimum Gasteiger partial charge on any atom is -0.408 e. The van der Waals surface area contributed by atoms with Crippen molar-refractivity contribution in [1.29, 1.82) is 0 Å². The molecule has 1 heterocycles. The Morgan fingerprint density at radius 3 is 2.36 bits per heavy atom. The van der Waals surface area contributed by atoms with Crippen LogP contribution < -0.4 is 5.73 Å². The lowest BCUT2D eigenvalue weighted by atomic mass is 10.5. The van der Waals surface area contributed by atoms with Crippen molar-refractivity contribution in [3.63, 3.8) is 0 Å². The Balaban J connectivity index is 2.42. The molecular weight excluding hydrogens is 182 g/mol. The van der Waals surface area contributed by atoms with E-state index >= 15 is 0 Å². The average molecular weight is 193 g/mol. The topological polar surface area (TPSA) is 61.9 Å². The van der Waals surface area contributed by atoms with Crippen molar-refractivity contribution in [2.45, 2.75) is 0 Å². The zero-order valence-corrected chi connectivity index (χ0v) is 7.70. The Kier molecular flexibility index (Phi) is 3.71. The predicted molar refractivity (Wildman–Crippen MR) is 49.9 cm³/mol. The van der Waals surface area contributed by atoms with Gasteiger partial charge in [-0.1, -0.05) is 26.7 Å². The molecule has 0 unspecified atom stereocenters. The van der Waals surface area contributed by atoms with Crippen LogP contribution in [0.3, 0.4) is 0 Å². The van der Waals surface area contributed by atoms with Gasteiger partial charge in [-0.25, -0.2) is 0 Å². The molecule has 0 saturated carbocycles. The fraction of sp³-hybridized carbons (Fsp3) is 0.800. The first-order chi connectivity index (χ1) is 5.34. The first kappa shape index (κ1) is 8.86. The van der Waals surface area contributed by atoms with Crippen LogP contribution >= 0.6 is 21.6 Å². The minimum atomic E-state index is 0.230. The smallest absolute Gasteiger partial charge is 0.233 e. The van der Waals surface area contributed by atoms with Crippen molar-refractivity contribution in [2.24, 2.45) is 10.9 Å². The van der Waals surface area contributed by atoms with E-state index in [0.29, 0.717) is 0 Å². The largest absolute Gasteiger partial charge is 0.408 e. The van der Waals surface area contributed by atoms with Crippen LogP contribution in [0.5, 0.6) is 0 Å². The molecule has 0 aromatic heterocycles. The van der Waals surface area contributed by atoms with Crippen molar-refractivity contribution in [3.05, 3.63) is 0 Å². The summed E-state index contributed by atoms with van der Waals surface area (Å²) in [5.74, 6) is 2.29. The van der Waals surface area contributed by atoms with Crippen LogP contribution in [0, 0.1) is 0 Å². The number of oxime groups is 1. The fourth-order valence-corrected chi connectivity index (χ4v) is 2.80. The predicted octanol–water partition coefficient (Wildman–Crippen LogP) is 0.387. The lowest BCUT2D eigenvalue weighted by Crippen LogP contribution is -2.39. The van der Waals surface area contributed by atoms with Crippen LogP contribution in [0.2, 0.25) is 0 Å². The Labute approximate surface area is 73.6 Å². The second-order valence-electron chi connectivity index (χ2n) is 2.09. The fourth-order valence-electron chi connectivity index (χ4n) is 0.817. The molecule has 11 heavy (non-hydrogen) atoms. The Morgan fingerprint density at radius 2 is 1.91 bits per heavy atom. The van der Waals surface area contributed by atoms with Crippen LogP contribution in [0.15, 0.2) is 5.16 Å². The molecule has 1 aliphatic heterocycles. The third-order valence-corrected chi connectivity index (χ3v) is 3.76. The minimum absolute atomic E-state index is 0.230. The molecule has 1 rings (SSSR count). The maximum atomic E-state index is 8.39. The van der Waals surface area contributed by atoms with Crippen LogP contribution in [-0.2, 0) is 0 Å². The SMILES string of the molecule is N/C(=N\O)N1CCSSCC1. The number of nitrogens with two attached hydrogens (primary N) is 1. The zero-order chi connectivity index (χ0) is 8.10. The Morgan fingerprint density at radius 1 is 1.36 bits per heavy atom. The molecule has 0 radical (unpaired) electrons. The standard InChI is InChI=1S/C5H11N3OS2/c6-5(7-9)8-1-3-10-11-4-2-8/h9H,1-4H2,(H2,6,7). The zero-order valence-electron chi connectivity index (χ0n) is 6.06. The van der Waals surface area contributed by atoms with Gasteiger partial charge in [-0.15, -0.1) is 0 Å². The van der Waals surface area contributed by atoms with Gasteiger partial charge in [-0.05, 0) is 0 Å². The van der Waals surface area contributed by atoms with E-state index in [4.69, 9.17) is 10.9 Å². The van der Waals surface area contributed by atoms with E-state index < -0.39 is 0 Å². The summed E-state index contributed by atoms with van der Waals surface area (Å²) < 4.78 is 0. The van der Waals surface area contributed by atoms with Gasteiger partial charge in [-0.2, -0.15) is 0 Å². The molecule has 4 nitrogen and oxygen atoms in total. The van der Waals surface area contributed by atoms with Gasteiger partial charge >= 0.3 is 0 Å². The number of rotatable bonds is 0. The van der Waals surface area contributed by atoms with Gasteiger partial charge < -0.3 is 15.8 Å². The van der Waals surface area contributed by atoms with Crippen molar-refractivity contribution in [2.75, 3.05) is 24.6 Å². The first-order valence-electron chi connectivity index (χ1n) is 3.31. The van der Waals surface area contributed by atoms with Crippen molar-refractivity contribution >= 4 is 27.5 Å². The molecule has 1 fully saturated rings. The summed E-state index contributed by atoms with van der Waals surface area (Å²) in [4.78, 5) is 1.88. The molecule has 0 amide bonds. The molecule has 6 heteroatoms. The van der Waals surface area contributed by atoms with E-state index in [2.05, 4.69) is 5.16 Å². The van der Waals surface area contributed by atoms with Gasteiger partial charge in [0.05, 0.1) is 0 Å². The molecule has 1 saturated heterocycles. The van der Waals surface area contributed by atoms with Crippen molar-refractivity contribution < 1.29 is 5.21 Å². The number of nitrogens with zero attached hydrogens (tertiary/aromatic N) is 2. The average Bonchev–Trinajstić information content (AvgIpc) is 2.30. The molecule has 3 N–H and O–H groups in total. The Bertz CT molecular complexity index is 145. The summed E-state index contributed by atoms with van der Waals surface area (Å²) >= 11 is 0. The maximum absolute atomic E-state index is 8.39. The van der Waals surface area contributed by atoms with Gasteiger partial charge in [0.1, 0.15) is 0 Å². The molecule has 0 aliphatic carbocycles. The van der Waals surface area contributed by atoms with E-state index in [0.717, 1.165) is 24.6 Å². The summed E-state index contributed by atoms with van der Waals surface area (Å²) in [5, 5.41) is 11.3. The van der Waals surface area contributed by atoms with Gasteiger partial charge in [0.25, 0.3) is 0 Å². The molecule has 0 bridgehead atoms.